The summed E-state index contributed by atoms with van der Waals surface area (Å²) in [7, 11) is 0. The molecule has 0 unspecified atom stereocenters. The van der Waals surface area contributed by atoms with Crippen molar-refractivity contribution in [3.8, 4) is 0 Å². The van der Waals surface area contributed by atoms with Crippen LogP contribution in [0.2, 0.25) is 0 Å². The molecule has 37 heavy (non-hydrogen) atoms. The molecule has 9 heteroatoms. The van der Waals surface area contributed by atoms with Gasteiger partial charge in [-0.1, -0.05) is 47.7 Å². The summed E-state index contributed by atoms with van der Waals surface area (Å²) in [4.78, 5) is 20.2. The molecule has 2 aromatic heterocycles. The molecule has 2 atom stereocenters. The van der Waals surface area contributed by atoms with Gasteiger partial charge in [-0.25, -0.2) is 4.39 Å². The number of furan rings is 1. The van der Waals surface area contributed by atoms with Gasteiger partial charge in [0.1, 0.15) is 17.6 Å². The van der Waals surface area contributed by atoms with Crippen LogP contribution in [-0.4, -0.2) is 27.4 Å². The Bertz CT molecular complexity index is 1390. The van der Waals surface area contributed by atoms with Crippen LogP contribution in [0.1, 0.15) is 35.5 Å². The van der Waals surface area contributed by atoms with Crippen molar-refractivity contribution in [3.63, 3.8) is 0 Å². The number of nitrogens with zero attached hydrogens (tertiary/aromatic N) is 2. The second-order valence-corrected chi connectivity index (χ2v) is 10.1. The molecule has 0 radical (unpaired) electrons. The summed E-state index contributed by atoms with van der Waals surface area (Å²) in [5.74, 6) is -0.0633. The maximum atomic E-state index is 14.0. The minimum absolute atomic E-state index is 0.118. The Labute approximate surface area is 224 Å². The van der Waals surface area contributed by atoms with Crippen molar-refractivity contribution >= 4 is 40.7 Å². The Balaban J connectivity index is 1.36. The first-order chi connectivity index (χ1) is 18.0. The molecule has 2 N–H and O–H groups in total. The van der Waals surface area contributed by atoms with Gasteiger partial charge in [0.25, 0.3) is 0 Å². The third-order valence-electron chi connectivity index (χ3n) is 6.06. The fourth-order valence-corrected chi connectivity index (χ4v) is 5.33. The third-order valence-corrected chi connectivity index (χ3v) is 7.34. The average Bonchev–Trinajstić information content (AvgIpc) is 3.49. The predicted octanol–water partition coefficient (Wildman–Crippen LogP) is 6.27. The number of hydrogen-bond acceptors (Lipinski definition) is 5. The number of benzene rings is 2. The monoisotopic (exact) mass is 532 g/mol. The Morgan fingerprint density at radius 3 is 2.65 bits per heavy atom. The number of pyridine rings is 1. The third kappa shape index (κ3) is 5.84. The molecular formula is C28H25FN4O2S2. The summed E-state index contributed by atoms with van der Waals surface area (Å²) in [6.45, 7) is 2.37. The lowest BCUT2D eigenvalue weighted by atomic mass is 10.0. The first-order valence-electron chi connectivity index (χ1n) is 11.8. The first-order valence-corrected chi connectivity index (χ1v) is 13.1. The minimum Gasteiger partial charge on any atom is -0.452 e. The number of hydrogen-bond donors (Lipinski definition) is 2. The van der Waals surface area contributed by atoms with Crippen LogP contribution in [0.4, 0.5) is 10.1 Å². The van der Waals surface area contributed by atoms with Crippen molar-refractivity contribution in [1.82, 2.24) is 15.2 Å². The van der Waals surface area contributed by atoms with Gasteiger partial charge in [0.2, 0.25) is 5.91 Å². The Hall–Kier alpha value is -3.69. The van der Waals surface area contributed by atoms with Gasteiger partial charge < -0.3 is 20.0 Å². The molecule has 1 amide bonds. The molecule has 2 aromatic carbocycles. The highest BCUT2D eigenvalue weighted by molar-refractivity contribution is 7.99. The highest BCUT2D eigenvalue weighted by Gasteiger charge is 2.41. The second-order valence-electron chi connectivity index (χ2n) is 8.67. The lowest BCUT2D eigenvalue weighted by molar-refractivity contribution is -0.116. The molecule has 188 valence electrons. The minimum atomic E-state index is -0.475. The maximum absolute atomic E-state index is 14.0. The summed E-state index contributed by atoms with van der Waals surface area (Å²) in [5, 5.41) is 7.25. The summed E-state index contributed by atoms with van der Waals surface area (Å²) in [6, 6.07) is 23.4. The standard InChI is InChI=1S/C28H25FN4O2S2/c1-18-9-11-19(12-10-18)37-25-14-13-23(35-25)27-26(22-8-4-5-16-30-22)32-28(36)33(27)17-15-24(34)31-21-7-3-2-6-20(21)29/h2-14,16,26-27H,15,17H2,1H3,(H,31,34)(H,32,36)/t26-,27-/m0/s1. The first kappa shape index (κ1) is 25.0. The van der Waals surface area contributed by atoms with Gasteiger partial charge in [-0.3, -0.25) is 9.78 Å². The summed E-state index contributed by atoms with van der Waals surface area (Å²) in [5.41, 5.74) is 2.17. The van der Waals surface area contributed by atoms with E-state index in [1.165, 1.54) is 17.7 Å². The van der Waals surface area contributed by atoms with Gasteiger partial charge >= 0.3 is 0 Å². The zero-order chi connectivity index (χ0) is 25.8. The fraction of sp³-hybridized carbons (Fsp3) is 0.179. The Morgan fingerprint density at radius 2 is 1.89 bits per heavy atom. The van der Waals surface area contributed by atoms with Crippen LogP contribution in [-0.2, 0) is 4.79 Å². The number of carbonyl (C=O) groups excluding carboxylic acids is 1. The van der Waals surface area contributed by atoms with E-state index >= 15 is 0 Å². The van der Waals surface area contributed by atoms with Crippen LogP contribution in [0.15, 0.2) is 99.5 Å². The van der Waals surface area contributed by atoms with E-state index in [0.717, 1.165) is 15.7 Å². The number of rotatable bonds is 8. The highest BCUT2D eigenvalue weighted by atomic mass is 32.2. The molecule has 4 aromatic rings. The largest absolute Gasteiger partial charge is 0.452 e. The van der Waals surface area contributed by atoms with Gasteiger partial charge in [0, 0.05) is 24.1 Å². The average molecular weight is 533 g/mol. The Morgan fingerprint density at radius 1 is 1.11 bits per heavy atom. The van der Waals surface area contributed by atoms with E-state index in [2.05, 4.69) is 46.8 Å². The van der Waals surface area contributed by atoms with Crippen LogP contribution >= 0.6 is 24.0 Å². The smallest absolute Gasteiger partial charge is 0.226 e. The second kappa shape index (κ2) is 11.1. The number of para-hydroxylation sites is 1. The van der Waals surface area contributed by atoms with Gasteiger partial charge in [0.05, 0.1) is 17.4 Å². The summed E-state index contributed by atoms with van der Waals surface area (Å²) >= 11 is 7.21. The number of thiocarbonyl (C=S) groups is 1. The zero-order valence-electron chi connectivity index (χ0n) is 20.1. The topological polar surface area (TPSA) is 70.4 Å². The van der Waals surface area contributed by atoms with E-state index in [1.54, 1.807) is 30.1 Å². The van der Waals surface area contributed by atoms with Crippen molar-refractivity contribution in [1.29, 1.82) is 0 Å². The number of nitrogens with one attached hydrogen (secondary N) is 2. The van der Waals surface area contributed by atoms with Crippen LogP contribution < -0.4 is 10.6 Å². The summed E-state index contributed by atoms with van der Waals surface area (Å²) in [6.07, 6.45) is 1.86. The van der Waals surface area contributed by atoms with E-state index in [9.17, 15) is 9.18 Å². The molecule has 1 aliphatic heterocycles. The summed E-state index contributed by atoms with van der Waals surface area (Å²) < 4.78 is 20.3. The van der Waals surface area contributed by atoms with Gasteiger partial charge in [-0.15, -0.1) is 0 Å². The van der Waals surface area contributed by atoms with Gasteiger partial charge in [-0.2, -0.15) is 0 Å². The van der Waals surface area contributed by atoms with E-state index in [0.29, 0.717) is 17.4 Å². The number of aromatic nitrogens is 1. The van der Waals surface area contributed by atoms with Crippen LogP contribution in [0, 0.1) is 12.7 Å². The van der Waals surface area contributed by atoms with E-state index in [1.807, 2.05) is 35.2 Å². The van der Waals surface area contributed by atoms with Crippen LogP contribution in [0.25, 0.3) is 0 Å². The molecule has 1 fully saturated rings. The number of halogens is 1. The zero-order valence-corrected chi connectivity index (χ0v) is 21.7. The van der Waals surface area contributed by atoms with Gasteiger partial charge in [0.15, 0.2) is 10.2 Å². The molecule has 0 bridgehead atoms. The van der Waals surface area contributed by atoms with E-state index in [4.69, 9.17) is 16.6 Å². The maximum Gasteiger partial charge on any atom is 0.226 e. The highest BCUT2D eigenvalue weighted by Crippen LogP contribution is 2.41. The number of amides is 1. The lowest BCUT2D eigenvalue weighted by Crippen LogP contribution is -2.32. The van der Waals surface area contributed by atoms with Crippen LogP contribution in [0.5, 0.6) is 0 Å². The molecule has 5 rings (SSSR count). The number of aryl methyl sites for hydroxylation is 1. The normalized spacial score (nSPS) is 17.0. The van der Waals surface area contributed by atoms with Crippen molar-refractivity contribution in [2.75, 3.05) is 11.9 Å². The number of anilines is 1. The molecule has 0 aliphatic carbocycles. The lowest BCUT2D eigenvalue weighted by Gasteiger charge is -2.25. The van der Waals surface area contributed by atoms with Crippen molar-refractivity contribution in [3.05, 3.63) is 108 Å². The molecule has 0 saturated carbocycles. The van der Waals surface area contributed by atoms with Crippen LogP contribution in [0.3, 0.4) is 0 Å². The SMILES string of the molecule is Cc1ccc(Sc2ccc([C@H]3[C@H](c4ccccn4)NC(=S)N3CCC(=O)Nc3ccccc3F)o2)cc1. The van der Waals surface area contributed by atoms with E-state index in [-0.39, 0.29) is 30.1 Å². The Kier molecular flexibility index (Phi) is 7.52. The molecule has 1 saturated heterocycles. The molecule has 3 heterocycles. The molecule has 6 nitrogen and oxygen atoms in total. The van der Waals surface area contributed by atoms with Gasteiger partial charge in [-0.05, 0) is 67.7 Å². The molecule has 1 aliphatic rings. The molecular weight excluding hydrogens is 507 g/mol. The van der Waals surface area contributed by atoms with Crippen molar-refractivity contribution in [2.45, 2.75) is 35.4 Å². The molecule has 0 spiro atoms. The fourth-order valence-electron chi connectivity index (χ4n) is 4.22. The van der Waals surface area contributed by atoms with Crippen molar-refractivity contribution < 1.29 is 13.6 Å². The quantitative estimate of drug-likeness (QED) is 0.259. The van der Waals surface area contributed by atoms with Crippen molar-refractivity contribution in [2.24, 2.45) is 0 Å². The predicted molar refractivity (Wildman–Crippen MR) is 146 cm³/mol. The van der Waals surface area contributed by atoms with E-state index < -0.39 is 5.82 Å². The number of carbonyl (C=O) groups is 1.